The van der Waals surface area contributed by atoms with Gasteiger partial charge >= 0.3 is 7.12 Å². The molecule has 0 spiro atoms. The van der Waals surface area contributed by atoms with Crippen LogP contribution < -0.4 is 10.4 Å². The summed E-state index contributed by atoms with van der Waals surface area (Å²) in [6.07, 6.45) is 0.979. The maximum Gasteiger partial charge on any atom is 0.490 e. The van der Waals surface area contributed by atoms with Crippen molar-refractivity contribution in [1.29, 1.82) is 0 Å². The quantitative estimate of drug-likeness (QED) is 0.677. The molecule has 0 unspecified atom stereocenters. The van der Waals surface area contributed by atoms with E-state index >= 15 is 0 Å². The molecule has 1 aromatic carbocycles. The molecule has 3 nitrogen and oxygen atoms in total. The van der Waals surface area contributed by atoms with E-state index in [1.807, 2.05) is 6.07 Å². The van der Waals surface area contributed by atoms with E-state index in [1.165, 1.54) is 5.56 Å². The van der Waals surface area contributed by atoms with E-state index in [0.717, 1.165) is 18.7 Å². The average molecular weight is 219 g/mol. The summed E-state index contributed by atoms with van der Waals surface area (Å²) < 4.78 is 0. The smallest absolute Gasteiger partial charge is 0.423 e. The van der Waals surface area contributed by atoms with Gasteiger partial charge in [-0.05, 0) is 32.8 Å². The van der Waals surface area contributed by atoms with E-state index in [1.54, 1.807) is 6.07 Å². The maximum absolute atomic E-state index is 9.40. The molecule has 2 N–H and O–H groups in total. The second kappa shape index (κ2) is 3.79. The highest BCUT2D eigenvalue weighted by Gasteiger charge is 2.32. The first kappa shape index (κ1) is 11.5. The van der Waals surface area contributed by atoms with Gasteiger partial charge in [-0.2, -0.15) is 0 Å². The van der Waals surface area contributed by atoms with Gasteiger partial charge in [0.1, 0.15) is 0 Å². The molecule has 0 aliphatic carbocycles. The van der Waals surface area contributed by atoms with Crippen LogP contribution in [-0.4, -0.2) is 29.3 Å². The Morgan fingerprint density at radius 3 is 2.50 bits per heavy atom. The molecule has 1 aliphatic rings. The average Bonchev–Trinajstić information content (AvgIpc) is 2.59. The second-order valence-electron chi connectivity index (χ2n) is 5.30. The predicted octanol–water partition coefficient (Wildman–Crippen LogP) is 0.527. The summed E-state index contributed by atoms with van der Waals surface area (Å²) >= 11 is 0. The summed E-state index contributed by atoms with van der Waals surface area (Å²) in [6, 6.07) is 5.74. The van der Waals surface area contributed by atoms with E-state index in [0.29, 0.717) is 5.46 Å². The van der Waals surface area contributed by atoms with Crippen LogP contribution in [0.2, 0.25) is 0 Å². The number of rotatable bonds is 1. The Bertz CT molecular complexity index is 398. The minimum atomic E-state index is -1.39. The fourth-order valence-corrected chi connectivity index (χ4v) is 2.37. The van der Waals surface area contributed by atoms with E-state index in [4.69, 9.17) is 0 Å². The van der Waals surface area contributed by atoms with Crippen molar-refractivity contribution < 1.29 is 10.0 Å². The first-order valence-electron chi connectivity index (χ1n) is 5.67. The van der Waals surface area contributed by atoms with Crippen molar-refractivity contribution in [3.05, 3.63) is 23.8 Å². The van der Waals surface area contributed by atoms with Crippen LogP contribution >= 0.6 is 0 Å². The summed E-state index contributed by atoms with van der Waals surface area (Å²) in [5, 5.41) is 18.8. The third-order valence-corrected chi connectivity index (χ3v) is 3.11. The molecule has 1 aromatic rings. The van der Waals surface area contributed by atoms with Crippen LogP contribution in [0.15, 0.2) is 18.2 Å². The lowest BCUT2D eigenvalue weighted by molar-refractivity contribution is 0.425. The van der Waals surface area contributed by atoms with E-state index in [2.05, 4.69) is 31.7 Å². The monoisotopic (exact) mass is 219 g/mol. The third kappa shape index (κ3) is 1.83. The van der Waals surface area contributed by atoms with E-state index in [9.17, 15) is 10.0 Å². The zero-order valence-corrected chi connectivity index (χ0v) is 10.1. The van der Waals surface area contributed by atoms with Gasteiger partial charge in [0.05, 0.1) is 0 Å². The standard InChI is InChI=1S/C12H18BNO2/c1-12(2,3)14-8-7-9-5-4-6-10(11(9)14)13(15)16/h4-6,15-16H,7-8H2,1-3H3. The van der Waals surface area contributed by atoms with Crippen molar-refractivity contribution in [2.75, 3.05) is 11.4 Å². The van der Waals surface area contributed by atoms with Crippen LogP contribution in [0, 0.1) is 0 Å². The molecule has 0 aromatic heterocycles. The van der Waals surface area contributed by atoms with Gasteiger partial charge in [0.2, 0.25) is 0 Å². The Balaban J connectivity index is 2.52. The lowest BCUT2D eigenvalue weighted by atomic mass is 9.77. The molecule has 0 saturated carbocycles. The normalized spacial score (nSPS) is 15.2. The lowest BCUT2D eigenvalue weighted by Crippen LogP contribution is -2.44. The first-order valence-corrected chi connectivity index (χ1v) is 5.67. The molecule has 0 saturated heterocycles. The number of benzene rings is 1. The molecule has 0 bridgehead atoms. The SMILES string of the molecule is CC(C)(C)N1CCc2cccc(B(O)O)c21. The lowest BCUT2D eigenvalue weighted by Gasteiger charge is -2.35. The number of hydrogen-bond donors (Lipinski definition) is 2. The summed E-state index contributed by atoms with van der Waals surface area (Å²) in [5.74, 6) is 0. The van der Waals surface area contributed by atoms with Crippen molar-refractivity contribution in [2.45, 2.75) is 32.7 Å². The Morgan fingerprint density at radius 2 is 1.94 bits per heavy atom. The van der Waals surface area contributed by atoms with Crippen molar-refractivity contribution in [3.8, 4) is 0 Å². The third-order valence-electron chi connectivity index (χ3n) is 3.11. The van der Waals surface area contributed by atoms with Gasteiger partial charge in [-0.15, -0.1) is 0 Å². The summed E-state index contributed by atoms with van der Waals surface area (Å²) in [7, 11) is -1.39. The second-order valence-corrected chi connectivity index (χ2v) is 5.30. The molecule has 0 amide bonds. The fourth-order valence-electron chi connectivity index (χ4n) is 2.37. The fraction of sp³-hybridized carbons (Fsp3) is 0.500. The van der Waals surface area contributed by atoms with Gasteiger partial charge in [-0.3, -0.25) is 0 Å². The summed E-state index contributed by atoms with van der Waals surface area (Å²) in [5.41, 5.74) is 2.84. The number of hydrogen-bond acceptors (Lipinski definition) is 3. The van der Waals surface area contributed by atoms with Crippen molar-refractivity contribution in [1.82, 2.24) is 0 Å². The highest BCUT2D eigenvalue weighted by atomic mass is 16.4. The predicted molar refractivity (Wildman–Crippen MR) is 67.1 cm³/mol. The molecule has 2 rings (SSSR count). The van der Waals surface area contributed by atoms with Gasteiger partial charge in [0.25, 0.3) is 0 Å². The largest absolute Gasteiger partial charge is 0.490 e. The Hall–Kier alpha value is -0.995. The zero-order chi connectivity index (χ0) is 11.9. The number of anilines is 1. The number of para-hydroxylation sites is 1. The van der Waals surface area contributed by atoms with Crippen molar-refractivity contribution in [2.24, 2.45) is 0 Å². The molecule has 0 fully saturated rings. The topological polar surface area (TPSA) is 43.7 Å². The molecule has 1 aliphatic heterocycles. The minimum absolute atomic E-state index is 0.0102. The van der Waals surface area contributed by atoms with Gasteiger partial charge in [-0.1, -0.05) is 18.2 Å². The molecule has 86 valence electrons. The Labute approximate surface area is 96.9 Å². The van der Waals surface area contributed by atoms with Crippen LogP contribution in [0.4, 0.5) is 5.69 Å². The highest BCUT2D eigenvalue weighted by molar-refractivity contribution is 6.60. The van der Waals surface area contributed by atoms with Crippen LogP contribution in [0.25, 0.3) is 0 Å². The van der Waals surface area contributed by atoms with Gasteiger partial charge in [0, 0.05) is 23.2 Å². The van der Waals surface area contributed by atoms with Crippen LogP contribution in [0.3, 0.4) is 0 Å². The molecule has 0 atom stereocenters. The number of fused-ring (bicyclic) bond motifs is 1. The minimum Gasteiger partial charge on any atom is -0.423 e. The molecule has 4 heteroatoms. The van der Waals surface area contributed by atoms with E-state index < -0.39 is 7.12 Å². The Morgan fingerprint density at radius 1 is 1.25 bits per heavy atom. The molecular formula is C12H18BNO2. The molecule has 0 radical (unpaired) electrons. The number of nitrogens with zero attached hydrogens (tertiary/aromatic N) is 1. The first-order chi connectivity index (χ1) is 7.41. The van der Waals surface area contributed by atoms with Crippen molar-refractivity contribution in [3.63, 3.8) is 0 Å². The molecule has 16 heavy (non-hydrogen) atoms. The maximum atomic E-state index is 9.40. The molecular weight excluding hydrogens is 201 g/mol. The van der Waals surface area contributed by atoms with Crippen LogP contribution in [-0.2, 0) is 6.42 Å². The van der Waals surface area contributed by atoms with Gasteiger partial charge < -0.3 is 14.9 Å². The van der Waals surface area contributed by atoms with Crippen LogP contribution in [0.5, 0.6) is 0 Å². The Kier molecular flexibility index (Phi) is 2.72. The van der Waals surface area contributed by atoms with Gasteiger partial charge in [-0.25, -0.2) is 0 Å². The van der Waals surface area contributed by atoms with Gasteiger partial charge in [0.15, 0.2) is 0 Å². The molecule has 1 heterocycles. The highest BCUT2D eigenvalue weighted by Crippen LogP contribution is 2.32. The summed E-state index contributed by atoms with van der Waals surface area (Å²) in [4.78, 5) is 2.25. The van der Waals surface area contributed by atoms with Crippen molar-refractivity contribution >= 4 is 18.3 Å². The van der Waals surface area contributed by atoms with Crippen LogP contribution in [0.1, 0.15) is 26.3 Å². The summed E-state index contributed by atoms with van der Waals surface area (Å²) in [6.45, 7) is 7.37. The van der Waals surface area contributed by atoms with E-state index in [-0.39, 0.29) is 5.54 Å². The zero-order valence-electron chi connectivity index (χ0n) is 10.1.